The van der Waals surface area contributed by atoms with E-state index in [0.717, 1.165) is 17.2 Å². The normalized spacial score (nSPS) is 11.5. The third kappa shape index (κ3) is 3.09. The number of thiophene rings is 1. The van der Waals surface area contributed by atoms with Gasteiger partial charge < -0.3 is 5.11 Å². The molecule has 0 fully saturated rings. The summed E-state index contributed by atoms with van der Waals surface area (Å²) in [6.45, 7) is 0. The first-order valence-electron chi connectivity index (χ1n) is 6.53. The molecule has 0 radical (unpaired) electrons. The zero-order valence-electron chi connectivity index (χ0n) is 11.4. The number of hydrogen-bond donors (Lipinski definition) is 2. The van der Waals surface area contributed by atoms with E-state index in [2.05, 4.69) is 20.6 Å². The van der Waals surface area contributed by atoms with Crippen LogP contribution in [0, 0.1) is 0 Å². The van der Waals surface area contributed by atoms with Gasteiger partial charge in [0, 0.05) is 6.08 Å². The van der Waals surface area contributed by atoms with Gasteiger partial charge in [0.2, 0.25) is 5.82 Å². The van der Waals surface area contributed by atoms with Gasteiger partial charge >= 0.3 is 0 Å². The van der Waals surface area contributed by atoms with E-state index in [1.807, 2.05) is 41.8 Å². The van der Waals surface area contributed by atoms with Crippen molar-refractivity contribution in [2.24, 2.45) is 0 Å². The molecule has 2 heterocycles. The molecule has 0 aliphatic rings. The van der Waals surface area contributed by atoms with Crippen LogP contribution in [-0.4, -0.2) is 31.5 Å². The van der Waals surface area contributed by atoms with Gasteiger partial charge in [0.15, 0.2) is 11.5 Å². The van der Waals surface area contributed by atoms with Gasteiger partial charge in [0.1, 0.15) is 0 Å². The first kappa shape index (κ1) is 14.2. The number of benzene rings is 1. The van der Waals surface area contributed by atoms with Crippen LogP contribution in [0.1, 0.15) is 26.6 Å². The number of hydrogen-bond acceptors (Lipinski definition) is 6. The van der Waals surface area contributed by atoms with E-state index < -0.39 is 0 Å². The fourth-order valence-electron chi connectivity index (χ4n) is 2.03. The first-order valence-corrected chi connectivity index (χ1v) is 7.41. The molecule has 2 N–H and O–H groups in total. The van der Waals surface area contributed by atoms with Crippen molar-refractivity contribution in [3.05, 3.63) is 69.7 Å². The number of nitrogens with zero attached hydrogens (tertiary/aromatic N) is 3. The van der Waals surface area contributed by atoms with E-state index in [1.54, 1.807) is 0 Å². The number of ketones is 1. The van der Waals surface area contributed by atoms with Crippen LogP contribution in [0.2, 0.25) is 0 Å². The second-order valence-corrected chi connectivity index (χ2v) is 5.48. The third-order valence-corrected chi connectivity index (χ3v) is 4.02. The molecular formula is C15H12N4O2S. The predicted molar refractivity (Wildman–Crippen MR) is 82.7 cm³/mol. The summed E-state index contributed by atoms with van der Waals surface area (Å²) >= 11 is 1.35. The first-order chi connectivity index (χ1) is 10.7. The SMILES string of the molecule is O=C(C=C(O)c1nn[nH]n1)c1sccc1Cc1ccccc1. The van der Waals surface area contributed by atoms with Crippen LogP contribution in [0.4, 0.5) is 0 Å². The van der Waals surface area contributed by atoms with Gasteiger partial charge in [0.25, 0.3) is 0 Å². The quantitative estimate of drug-likeness (QED) is 0.429. The summed E-state index contributed by atoms with van der Waals surface area (Å²) in [5, 5.41) is 24.5. The Morgan fingerprint density at radius 2 is 2.09 bits per heavy atom. The summed E-state index contributed by atoms with van der Waals surface area (Å²) in [5.41, 5.74) is 2.06. The Bertz CT molecular complexity index is 794. The summed E-state index contributed by atoms with van der Waals surface area (Å²) in [6.07, 6.45) is 1.79. The fourth-order valence-corrected chi connectivity index (χ4v) is 2.87. The Kier molecular flexibility index (Phi) is 4.06. The van der Waals surface area contributed by atoms with E-state index in [4.69, 9.17) is 0 Å². The maximum absolute atomic E-state index is 12.3. The zero-order valence-corrected chi connectivity index (χ0v) is 12.2. The number of tetrazole rings is 1. The summed E-state index contributed by atoms with van der Waals surface area (Å²) in [7, 11) is 0. The molecule has 0 amide bonds. The summed E-state index contributed by atoms with van der Waals surface area (Å²) < 4.78 is 0. The van der Waals surface area contributed by atoms with E-state index in [0.29, 0.717) is 11.3 Å². The molecule has 0 spiro atoms. The van der Waals surface area contributed by atoms with Gasteiger partial charge in [-0.1, -0.05) is 30.3 Å². The zero-order chi connectivity index (χ0) is 15.4. The number of aliphatic hydroxyl groups is 1. The molecule has 0 saturated carbocycles. The predicted octanol–water partition coefficient (Wildman–Crippen LogP) is 2.63. The van der Waals surface area contributed by atoms with Gasteiger partial charge in [-0.2, -0.15) is 5.21 Å². The Hall–Kier alpha value is -2.80. The molecular weight excluding hydrogens is 300 g/mol. The summed E-state index contributed by atoms with van der Waals surface area (Å²) in [5.74, 6) is -0.587. The van der Waals surface area contributed by atoms with Crippen molar-refractivity contribution >= 4 is 22.9 Å². The molecule has 3 rings (SSSR count). The van der Waals surface area contributed by atoms with E-state index >= 15 is 0 Å². The van der Waals surface area contributed by atoms with Gasteiger partial charge in [-0.25, -0.2) is 0 Å². The fraction of sp³-hybridized carbons (Fsp3) is 0.0667. The average molecular weight is 312 g/mol. The van der Waals surface area contributed by atoms with Crippen LogP contribution >= 0.6 is 11.3 Å². The number of carbonyl (C=O) groups is 1. The molecule has 0 aliphatic heterocycles. The van der Waals surface area contributed by atoms with Crippen molar-refractivity contribution in [1.82, 2.24) is 20.6 Å². The Morgan fingerprint density at radius 3 is 2.82 bits per heavy atom. The molecule has 0 atom stereocenters. The highest BCUT2D eigenvalue weighted by atomic mass is 32.1. The van der Waals surface area contributed by atoms with Crippen LogP contribution in [0.5, 0.6) is 0 Å². The third-order valence-electron chi connectivity index (χ3n) is 3.05. The topological polar surface area (TPSA) is 91.8 Å². The lowest BCUT2D eigenvalue weighted by molar-refractivity contribution is 0.104. The highest BCUT2D eigenvalue weighted by Gasteiger charge is 2.14. The largest absolute Gasteiger partial charge is 0.504 e. The smallest absolute Gasteiger partial charge is 0.239 e. The standard InChI is InChI=1S/C15H12N4O2S/c20-12(9-13(21)15-16-18-19-17-15)14-11(6-7-22-14)8-10-4-2-1-3-5-10/h1-7,9,21H,8H2,(H,16,17,18,19). The van der Waals surface area contributed by atoms with Crippen LogP contribution in [-0.2, 0) is 6.42 Å². The maximum Gasteiger partial charge on any atom is 0.239 e. The highest BCUT2D eigenvalue weighted by molar-refractivity contribution is 7.12. The number of aliphatic hydroxyl groups excluding tert-OH is 1. The number of allylic oxidation sites excluding steroid dienone is 1. The molecule has 0 unspecified atom stereocenters. The van der Waals surface area contributed by atoms with E-state index in [1.165, 1.54) is 11.3 Å². The van der Waals surface area contributed by atoms with Crippen LogP contribution < -0.4 is 0 Å². The van der Waals surface area contributed by atoms with Gasteiger partial charge in [-0.15, -0.1) is 21.5 Å². The van der Waals surface area contributed by atoms with Crippen LogP contribution in [0.25, 0.3) is 5.76 Å². The summed E-state index contributed by atoms with van der Waals surface area (Å²) in [6, 6.07) is 11.8. The lowest BCUT2D eigenvalue weighted by Gasteiger charge is -2.02. The second kappa shape index (κ2) is 6.31. The molecule has 7 heteroatoms. The number of aromatic nitrogens is 4. The van der Waals surface area contributed by atoms with Crippen molar-refractivity contribution in [2.75, 3.05) is 0 Å². The van der Waals surface area contributed by atoms with Gasteiger partial charge in [0.05, 0.1) is 4.88 Å². The van der Waals surface area contributed by atoms with E-state index in [-0.39, 0.29) is 17.4 Å². The van der Waals surface area contributed by atoms with Crippen molar-refractivity contribution in [1.29, 1.82) is 0 Å². The van der Waals surface area contributed by atoms with Crippen molar-refractivity contribution in [3.8, 4) is 0 Å². The summed E-state index contributed by atoms with van der Waals surface area (Å²) in [4.78, 5) is 12.9. The van der Waals surface area contributed by atoms with Gasteiger partial charge in [-0.05, 0) is 34.2 Å². The minimum absolute atomic E-state index is 0.00508. The van der Waals surface area contributed by atoms with Gasteiger partial charge in [-0.3, -0.25) is 4.79 Å². The molecule has 0 saturated heterocycles. The minimum atomic E-state index is -0.308. The molecule has 2 aromatic heterocycles. The number of carbonyl (C=O) groups excluding carboxylic acids is 1. The molecule has 1 aromatic carbocycles. The van der Waals surface area contributed by atoms with Crippen LogP contribution in [0.3, 0.4) is 0 Å². The number of nitrogens with one attached hydrogen (secondary N) is 1. The van der Waals surface area contributed by atoms with E-state index in [9.17, 15) is 9.90 Å². The van der Waals surface area contributed by atoms with Crippen molar-refractivity contribution in [3.63, 3.8) is 0 Å². The minimum Gasteiger partial charge on any atom is -0.504 e. The number of rotatable bonds is 5. The molecule has 3 aromatic rings. The molecule has 0 bridgehead atoms. The highest BCUT2D eigenvalue weighted by Crippen LogP contribution is 2.22. The van der Waals surface area contributed by atoms with Crippen LogP contribution in [0.15, 0.2) is 47.9 Å². The van der Waals surface area contributed by atoms with Crippen molar-refractivity contribution < 1.29 is 9.90 Å². The lowest BCUT2D eigenvalue weighted by Crippen LogP contribution is -1.99. The maximum atomic E-state index is 12.3. The second-order valence-electron chi connectivity index (χ2n) is 4.57. The lowest BCUT2D eigenvalue weighted by atomic mass is 10.0. The average Bonchev–Trinajstić information content (AvgIpc) is 3.19. The molecule has 0 aliphatic carbocycles. The molecule has 6 nitrogen and oxygen atoms in total. The molecule has 22 heavy (non-hydrogen) atoms. The monoisotopic (exact) mass is 312 g/mol. The molecule has 110 valence electrons. The van der Waals surface area contributed by atoms with Crippen molar-refractivity contribution in [2.45, 2.75) is 6.42 Å². The number of H-pyrrole nitrogens is 1. The number of aromatic amines is 1. The Morgan fingerprint density at radius 1 is 1.27 bits per heavy atom. The Balaban J connectivity index is 1.82. The Labute approximate surface area is 130 Å².